The summed E-state index contributed by atoms with van der Waals surface area (Å²) in [5, 5.41) is 8.28. The second kappa shape index (κ2) is 3.29. The molecule has 0 unspecified atom stereocenters. The van der Waals surface area contributed by atoms with Crippen molar-refractivity contribution in [2.45, 2.75) is 27.3 Å². The molecule has 2 aromatic rings. The van der Waals surface area contributed by atoms with Crippen LogP contribution < -0.4 is 0 Å². The average Bonchev–Trinajstić information content (AvgIpc) is 2.61. The highest BCUT2D eigenvalue weighted by Crippen LogP contribution is 2.07. The highest BCUT2D eigenvalue weighted by Gasteiger charge is 2.05. The first-order chi connectivity index (χ1) is 6.65. The van der Waals surface area contributed by atoms with E-state index in [-0.39, 0.29) is 0 Å². The second-order valence-electron chi connectivity index (χ2n) is 3.51. The molecule has 4 nitrogen and oxygen atoms in total. The standard InChI is InChI=1S/C10H13N3O/c1-7-4-8(2)13(11-7)6-10-5-9(3)14-12-10/h4-5H,6H2,1-3H3. The molecule has 0 aliphatic heterocycles. The Balaban J connectivity index is 2.22. The average molecular weight is 191 g/mol. The summed E-state index contributed by atoms with van der Waals surface area (Å²) in [6.45, 7) is 6.58. The Morgan fingerprint density at radius 2 is 2.07 bits per heavy atom. The Morgan fingerprint density at radius 1 is 1.29 bits per heavy atom. The molecule has 0 spiro atoms. The van der Waals surface area contributed by atoms with Crippen molar-refractivity contribution in [3.05, 3.63) is 35.0 Å². The van der Waals surface area contributed by atoms with Gasteiger partial charge in [0, 0.05) is 11.8 Å². The normalized spacial score (nSPS) is 10.8. The monoisotopic (exact) mass is 191 g/mol. The first-order valence-electron chi connectivity index (χ1n) is 4.58. The molecule has 0 amide bonds. The van der Waals surface area contributed by atoms with Crippen LogP contribution in [0, 0.1) is 20.8 Å². The van der Waals surface area contributed by atoms with Crippen LogP contribution in [0.2, 0.25) is 0 Å². The van der Waals surface area contributed by atoms with Crippen LogP contribution in [0.4, 0.5) is 0 Å². The van der Waals surface area contributed by atoms with Gasteiger partial charge in [0.1, 0.15) is 11.5 Å². The molecule has 0 saturated heterocycles. The van der Waals surface area contributed by atoms with E-state index in [0.29, 0.717) is 6.54 Å². The molecule has 0 aliphatic carbocycles. The summed E-state index contributed by atoms with van der Waals surface area (Å²) < 4.78 is 6.92. The summed E-state index contributed by atoms with van der Waals surface area (Å²) >= 11 is 0. The first kappa shape index (κ1) is 8.99. The summed E-state index contributed by atoms with van der Waals surface area (Å²) in [6.07, 6.45) is 0. The number of nitrogens with zero attached hydrogens (tertiary/aromatic N) is 3. The van der Waals surface area contributed by atoms with Gasteiger partial charge in [0.2, 0.25) is 0 Å². The molecule has 0 N–H and O–H groups in total. The van der Waals surface area contributed by atoms with Crippen molar-refractivity contribution >= 4 is 0 Å². The lowest BCUT2D eigenvalue weighted by Crippen LogP contribution is -2.03. The van der Waals surface area contributed by atoms with Crippen LogP contribution in [0.3, 0.4) is 0 Å². The van der Waals surface area contributed by atoms with Gasteiger partial charge in [-0.2, -0.15) is 5.10 Å². The van der Waals surface area contributed by atoms with E-state index in [4.69, 9.17) is 4.52 Å². The van der Waals surface area contributed by atoms with Crippen LogP contribution in [0.5, 0.6) is 0 Å². The van der Waals surface area contributed by atoms with Crippen LogP contribution in [0.15, 0.2) is 16.7 Å². The van der Waals surface area contributed by atoms with Gasteiger partial charge in [-0.1, -0.05) is 5.16 Å². The van der Waals surface area contributed by atoms with E-state index in [1.54, 1.807) is 0 Å². The van der Waals surface area contributed by atoms with E-state index in [1.165, 1.54) is 0 Å². The third kappa shape index (κ3) is 1.69. The molecule has 0 atom stereocenters. The molecule has 0 bridgehead atoms. The molecule has 2 heterocycles. The predicted octanol–water partition coefficient (Wildman–Crippen LogP) is 1.84. The molecular weight excluding hydrogens is 178 g/mol. The number of aromatic nitrogens is 3. The number of rotatable bonds is 2. The van der Waals surface area contributed by atoms with Gasteiger partial charge in [0.25, 0.3) is 0 Å². The maximum Gasteiger partial charge on any atom is 0.133 e. The second-order valence-corrected chi connectivity index (χ2v) is 3.51. The molecule has 74 valence electrons. The fourth-order valence-corrected chi connectivity index (χ4v) is 1.48. The highest BCUT2D eigenvalue weighted by molar-refractivity contribution is 5.10. The van der Waals surface area contributed by atoms with Crippen molar-refractivity contribution in [2.75, 3.05) is 0 Å². The molecule has 0 aromatic carbocycles. The van der Waals surface area contributed by atoms with Crippen molar-refractivity contribution in [1.82, 2.24) is 14.9 Å². The van der Waals surface area contributed by atoms with Crippen LogP contribution in [-0.2, 0) is 6.54 Å². The van der Waals surface area contributed by atoms with Crippen LogP contribution in [-0.4, -0.2) is 14.9 Å². The summed E-state index contributed by atoms with van der Waals surface area (Å²) in [5.41, 5.74) is 3.08. The summed E-state index contributed by atoms with van der Waals surface area (Å²) in [6, 6.07) is 3.98. The summed E-state index contributed by atoms with van der Waals surface area (Å²) in [7, 11) is 0. The topological polar surface area (TPSA) is 43.9 Å². The van der Waals surface area contributed by atoms with E-state index >= 15 is 0 Å². The van der Waals surface area contributed by atoms with Crippen LogP contribution in [0.1, 0.15) is 22.8 Å². The number of aryl methyl sites for hydroxylation is 3. The Hall–Kier alpha value is -1.58. The zero-order chi connectivity index (χ0) is 10.1. The fourth-order valence-electron chi connectivity index (χ4n) is 1.48. The van der Waals surface area contributed by atoms with Gasteiger partial charge in [0.05, 0.1) is 12.2 Å². The minimum absolute atomic E-state index is 0.678. The molecule has 4 heteroatoms. The van der Waals surface area contributed by atoms with E-state index in [9.17, 15) is 0 Å². The Morgan fingerprint density at radius 3 is 2.57 bits per heavy atom. The Bertz CT molecular complexity index is 442. The maximum absolute atomic E-state index is 4.99. The van der Waals surface area contributed by atoms with Crippen molar-refractivity contribution < 1.29 is 4.52 Å². The summed E-state index contributed by atoms with van der Waals surface area (Å²) in [5.74, 6) is 0.835. The van der Waals surface area contributed by atoms with Gasteiger partial charge < -0.3 is 4.52 Å². The van der Waals surface area contributed by atoms with Crippen molar-refractivity contribution in [3.8, 4) is 0 Å². The van der Waals surface area contributed by atoms with E-state index in [1.807, 2.05) is 37.6 Å². The van der Waals surface area contributed by atoms with Gasteiger partial charge in [-0.15, -0.1) is 0 Å². The minimum Gasteiger partial charge on any atom is -0.361 e. The van der Waals surface area contributed by atoms with Crippen molar-refractivity contribution in [1.29, 1.82) is 0 Å². The quantitative estimate of drug-likeness (QED) is 0.727. The molecule has 0 aliphatic rings. The Kier molecular flexibility index (Phi) is 2.11. The number of hydrogen-bond acceptors (Lipinski definition) is 3. The molecule has 0 fully saturated rings. The summed E-state index contributed by atoms with van der Waals surface area (Å²) in [4.78, 5) is 0. The van der Waals surface area contributed by atoms with Crippen LogP contribution >= 0.6 is 0 Å². The van der Waals surface area contributed by atoms with Crippen molar-refractivity contribution in [2.24, 2.45) is 0 Å². The van der Waals surface area contributed by atoms with E-state index in [2.05, 4.69) is 10.3 Å². The predicted molar refractivity (Wildman–Crippen MR) is 52.0 cm³/mol. The Labute approximate surface area is 82.5 Å². The number of hydrogen-bond donors (Lipinski definition) is 0. The van der Waals surface area contributed by atoms with Crippen LogP contribution in [0.25, 0.3) is 0 Å². The van der Waals surface area contributed by atoms with Gasteiger partial charge in [-0.05, 0) is 26.8 Å². The maximum atomic E-state index is 4.99. The zero-order valence-electron chi connectivity index (χ0n) is 8.61. The zero-order valence-corrected chi connectivity index (χ0v) is 8.61. The molecule has 2 aromatic heterocycles. The third-order valence-corrected chi connectivity index (χ3v) is 2.09. The van der Waals surface area contributed by atoms with Crippen molar-refractivity contribution in [3.63, 3.8) is 0 Å². The molecule has 14 heavy (non-hydrogen) atoms. The first-order valence-corrected chi connectivity index (χ1v) is 4.58. The van der Waals surface area contributed by atoms with E-state index < -0.39 is 0 Å². The molecule has 2 rings (SSSR count). The lowest BCUT2D eigenvalue weighted by atomic mass is 10.3. The SMILES string of the molecule is Cc1cc(C)n(Cc2cc(C)on2)n1. The van der Waals surface area contributed by atoms with E-state index in [0.717, 1.165) is 22.8 Å². The fraction of sp³-hybridized carbons (Fsp3) is 0.400. The lowest BCUT2D eigenvalue weighted by molar-refractivity contribution is 0.387. The largest absolute Gasteiger partial charge is 0.361 e. The van der Waals surface area contributed by atoms with Gasteiger partial charge in [-0.25, -0.2) is 0 Å². The molecular formula is C10H13N3O. The lowest BCUT2D eigenvalue weighted by Gasteiger charge is -1.99. The van der Waals surface area contributed by atoms with Gasteiger partial charge in [0.15, 0.2) is 0 Å². The molecule has 0 saturated carbocycles. The smallest absolute Gasteiger partial charge is 0.133 e. The van der Waals surface area contributed by atoms with Gasteiger partial charge >= 0.3 is 0 Å². The highest BCUT2D eigenvalue weighted by atomic mass is 16.5. The minimum atomic E-state index is 0.678. The molecule has 0 radical (unpaired) electrons. The third-order valence-electron chi connectivity index (χ3n) is 2.09. The van der Waals surface area contributed by atoms with Gasteiger partial charge in [-0.3, -0.25) is 4.68 Å².